The van der Waals surface area contributed by atoms with Crippen LogP contribution in [0.4, 0.5) is 0 Å². The number of hydrogen-bond acceptors (Lipinski definition) is 3. The van der Waals surface area contributed by atoms with Crippen molar-refractivity contribution in [3.63, 3.8) is 0 Å². The summed E-state index contributed by atoms with van der Waals surface area (Å²) in [5, 5.41) is 2.97. The fourth-order valence-corrected chi connectivity index (χ4v) is 3.32. The van der Waals surface area contributed by atoms with E-state index in [0.29, 0.717) is 13.0 Å². The van der Waals surface area contributed by atoms with Gasteiger partial charge in [-0.2, -0.15) is 0 Å². The second-order valence-corrected chi connectivity index (χ2v) is 6.72. The van der Waals surface area contributed by atoms with Crippen molar-refractivity contribution in [3.8, 4) is 11.5 Å². The highest BCUT2D eigenvalue weighted by molar-refractivity contribution is 5.81. The van der Waals surface area contributed by atoms with Crippen LogP contribution in [-0.4, -0.2) is 19.1 Å². The van der Waals surface area contributed by atoms with E-state index in [1.54, 1.807) is 7.11 Å². The summed E-state index contributed by atoms with van der Waals surface area (Å²) in [6.07, 6.45) is 4.90. The van der Waals surface area contributed by atoms with Gasteiger partial charge in [-0.1, -0.05) is 25.1 Å². The Morgan fingerprint density at radius 2 is 1.73 bits per heavy atom. The summed E-state index contributed by atoms with van der Waals surface area (Å²) in [4.78, 5) is 12.5. The molecule has 1 aliphatic rings. The molecule has 0 aromatic heterocycles. The summed E-state index contributed by atoms with van der Waals surface area (Å²) in [6.45, 7) is 2.45. The first-order chi connectivity index (χ1) is 12.7. The van der Waals surface area contributed by atoms with Crippen LogP contribution in [0.2, 0.25) is 0 Å². The van der Waals surface area contributed by atoms with Crippen LogP contribution in [0.15, 0.2) is 42.5 Å². The summed E-state index contributed by atoms with van der Waals surface area (Å²) in [5.41, 5.74) is 3.81. The van der Waals surface area contributed by atoms with Crippen LogP contribution in [-0.2, 0) is 24.2 Å². The molecule has 1 aliphatic carbocycles. The zero-order chi connectivity index (χ0) is 18.4. The van der Waals surface area contributed by atoms with E-state index in [4.69, 9.17) is 9.47 Å². The highest BCUT2D eigenvalue weighted by Gasteiger charge is 2.19. The summed E-state index contributed by atoms with van der Waals surface area (Å²) in [6, 6.07) is 13.9. The number of aryl methyl sites for hydroxylation is 2. The second kappa shape index (κ2) is 8.75. The van der Waals surface area contributed by atoms with Crippen molar-refractivity contribution in [3.05, 3.63) is 59.2 Å². The van der Waals surface area contributed by atoms with E-state index in [-0.39, 0.29) is 5.91 Å². The van der Waals surface area contributed by atoms with Gasteiger partial charge in [0, 0.05) is 6.54 Å². The number of rotatable bonds is 7. The maximum Gasteiger partial charge on any atom is 0.261 e. The summed E-state index contributed by atoms with van der Waals surface area (Å²) in [5.74, 6) is 1.51. The molecule has 0 radical (unpaired) electrons. The van der Waals surface area contributed by atoms with Crippen molar-refractivity contribution in [2.45, 2.75) is 51.7 Å². The van der Waals surface area contributed by atoms with Gasteiger partial charge in [-0.25, -0.2) is 0 Å². The summed E-state index contributed by atoms with van der Waals surface area (Å²) >= 11 is 0. The number of amides is 1. The smallest absolute Gasteiger partial charge is 0.261 e. The molecule has 0 aliphatic heterocycles. The molecule has 1 amide bonds. The molecule has 2 aromatic carbocycles. The van der Waals surface area contributed by atoms with Crippen molar-refractivity contribution in [2.75, 3.05) is 7.11 Å². The third-order valence-electron chi connectivity index (χ3n) is 4.89. The van der Waals surface area contributed by atoms with Gasteiger partial charge in [0.1, 0.15) is 11.5 Å². The molecular weight excluding hydrogens is 326 g/mol. The number of hydrogen-bond donors (Lipinski definition) is 1. The first kappa shape index (κ1) is 18.3. The van der Waals surface area contributed by atoms with E-state index in [0.717, 1.165) is 29.9 Å². The van der Waals surface area contributed by atoms with Gasteiger partial charge in [0.05, 0.1) is 7.11 Å². The van der Waals surface area contributed by atoms with Gasteiger partial charge in [0.25, 0.3) is 5.91 Å². The lowest BCUT2D eigenvalue weighted by atomic mass is 9.92. The number of methoxy groups -OCH3 is 1. The van der Waals surface area contributed by atoms with Crippen molar-refractivity contribution in [1.29, 1.82) is 0 Å². The third-order valence-corrected chi connectivity index (χ3v) is 4.89. The Kier molecular flexibility index (Phi) is 6.16. The number of benzene rings is 2. The Morgan fingerprint density at radius 3 is 2.42 bits per heavy atom. The van der Waals surface area contributed by atoms with E-state index in [1.165, 1.54) is 24.0 Å². The lowest BCUT2D eigenvalue weighted by Crippen LogP contribution is -2.37. The van der Waals surface area contributed by atoms with E-state index in [2.05, 4.69) is 17.4 Å². The van der Waals surface area contributed by atoms with Crippen LogP contribution >= 0.6 is 0 Å². The van der Waals surface area contributed by atoms with E-state index < -0.39 is 6.10 Å². The molecule has 4 heteroatoms. The molecule has 0 unspecified atom stereocenters. The first-order valence-corrected chi connectivity index (χ1v) is 9.38. The molecule has 0 saturated carbocycles. The number of ether oxygens (including phenoxy) is 2. The molecule has 1 N–H and O–H groups in total. The lowest BCUT2D eigenvalue weighted by molar-refractivity contribution is -0.128. The Morgan fingerprint density at radius 1 is 1.04 bits per heavy atom. The highest BCUT2D eigenvalue weighted by atomic mass is 16.5. The van der Waals surface area contributed by atoms with Crippen LogP contribution in [0.25, 0.3) is 0 Å². The average molecular weight is 353 g/mol. The molecule has 26 heavy (non-hydrogen) atoms. The number of carbonyl (C=O) groups is 1. The van der Waals surface area contributed by atoms with Gasteiger partial charge < -0.3 is 14.8 Å². The lowest BCUT2D eigenvalue weighted by Gasteiger charge is -2.20. The molecule has 1 atom stereocenters. The molecule has 3 rings (SSSR count). The van der Waals surface area contributed by atoms with Crippen LogP contribution in [0.1, 0.15) is 42.9 Å². The molecule has 138 valence electrons. The first-order valence-electron chi connectivity index (χ1n) is 9.38. The molecule has 4 nitrogen and oxygen atoms in total. The fraction of sp³-hybridized carbons (Fsp3) is 0.409. The predicted molar refractivity (Wildman–Crippen MR) is 103 cm³/mol. The zero-order valence-electron chi connectivity index (χ0n) is 15.6. The Balaban J connectivity index is 1.58. The Hall–Kier alpha value is -2.49. The average Bonchev–Trinajstić information content (AvgIpc) is 2.70. The summed E-state index contributed by atoms with van der Waals surface area (Å²) < 4.78 is 11.1. The van der Waals surface area contributed by atoms with Gasteiger partial charge in [-0.05, 0) is 73.1 Å². The number of carbonyl (C=O) groups excluding carboxylic acids is 1. The highest BCUT2D eigenvalue weighted by Crippen LogP contribution is 2.26. The van der Waals surface area contributed by atoms with Crippen molar-refractivity contribution < 1.29 is 14.3 Å². The SMILES string of the molecule is CC[C@H](Oc1ccc2c(c1)CCCC2)C(=O)NCc1ccc(OC)cc1. The minimum atomic E-state index is -0.477. The van der Waals surface area contributed by atoms with Gasteiger partial charge in [0.15, 0.2) is 6.10 Å². The number of nitrogens with one attached hydrogen (secondary N) is 1. The molecular formula is C22H27NO3. The quantitative estimate of drug-likeness (QED) is 0.817. The third kappa shape index (κ3) is 4.57. The maximum absolute atomic E-state index is 12.5. The molecule has 0 saturated heterocycles. The van der Waals surface area contributed by atoms with Crippen LogP contribution in [0.5, 0.6) is 11.5 Å². The molecule has 0 fully saturated rings. The van der Waals surface area contributed by atoms with Gasteiger partial charge in [-0.15, -0.1) is 0 Å². The Bertz CT molecular complexity index is 740. The maximum atomic E-state index is 12.5. The minimum Gasteiger partial charge on any atom is -0.497 e. The standard InChI is InChI=1S/C22H27NO3/c1-3-21(22(24)23-15-16-8-11-19(25-2)12-9-16)26-20-13-10-17-6-4-5-7-18(17)14-20/h8-14,21H,3-7,15H2,1-2H3,(H,23,24)/t21-/m0/s1. The van der Waals surface area contributed by atoms with Crippen LogP contribution in [0.3, 0.4) is 0 Å². The molecule has 0 spiro atoms. The zero-order valence-corrected chi connectivity index (χ0v) is 15.6. The molecule has 0 bridgehead atoms. The van der Waals surface area contributed by atoms with Gasteiger partial charge in [0.2, 0.25) is 0 Å². The Labute approximate surface area is 155 Å². The largest absolute Gasteiger partial charge is 0.497 e. The van der Waals surface area contributed by atoms with Crippen LogP contribution in [0, 0.1) is 0 Å². The van der Waals surface area contributed by atoms with E-state index >= 15 is 0 Å². The minimum absolute atomic E-state index is 0.0824. The predicted octanol–water partition coefficient (Wildman–Crippen LogP) is 4.05. The normalized spacial score (nSPS) is 14.2. The fourth-order valence-electron chi connectivity index (χ4n) is 3.32. The molecule has 2 aromatic rings. The monoisotopic (exact) mass is 353 g/mol. The van der Waals surface area contributed by atoms with Crippen molar-refractivity contribution in [2.24, 2.45) is 0 Å². The molecule has 0 heterocycles. The second-order valence-electron chi connectivity index (χ2n) is 6.72. The van der Waals surface area contributed by atoms with Gasteiger partial charge >= 0.3 is 0 Å². The van der Waals surface area contributed by atoms with E-state index in [1.807, 2.05) is 37.3 Å². The van der Waals surface area contributed by atoms with Crippen molar-refractivity contribution >= 4 is 5.91 Å². The van der Waals surface area contributed by atoms with E-state index in [9.17, 15) is 4.79 Å². The van der Waals surface area contributed by atoms with Gasteiger partial charge in [-0.3, -0.25) is 4.79 Å². The topological polar surface area (TPSA) is 47.6 Å². The number of fused-ring (bicyclic) bond motifs is 1. The summed E-state index contributed by atoms with van der Waals surface area (Å²) in [7, 11) is 1.64. The van der Waals surface area contributed by atoms with Crippen molar-refractivity contribution in [1.82, 2.24) is 5.32 Å². The van der Waals surface area contributed by atoms with Crippen LogP contribution < -0.4 is 14.8 Å².